The van der Waals surface area contributed by atoms with Crippen LogP contribution in [0.1, 0.15) is 17.0 Å². The van der Waals surface area contributed by atoms with Gasteiger partial charge in [0.2, 0.25) is 0 Å². The second-order valence-electron chi connectivity index (χ2n) is 4.62. The van der Waals surface area contributed by atoms with Gasteiger partial charge in [-0.15, -0.1) is 0 Å². The Balaban J connectivity index is 1.89. The maximum absolute atomic E-state index is 12.3. The van der Waals surface area contributed by atoms with E-state index in [1.807, 2.05) is 72.8 Å². The number of allylic oxidation sites excluding steroid dienone is 4. The Hall–Kier alpha value is -2.41. The lowest BCUT2D eigenvalue weighted by atomic mass is 9.87. The highest BCUT2D eigenvalue weighted by Gasteiger charge is 2.19. The van der Waals surface area contributed by atoms with E-state index in [4.69, 9.17) is 0 Å². The van der Waals surface area contributed by atoms with Crippen LogP contribution in [0.3, 0.4) is 0 Å². The summed E-state index contributed by atoms with van der Waals surface area (Å²) in [7, 11) is 0. The second kappa shape index (κ2) is 5.07. The van der Waals surface area contributed by atoms with Gasteiger partial charge < -0.3 is 0 Å². The molecule has 1 aliphatic rings. The largest absolute Gasteiger partial charge is 0.294 e. The molecular formula is C18H14O. The van der Waals surface area contributed by atoms with E-state index in [-0.39, 0.29) is 11.7 Å². The summed E-state index contributed by atoms with van der Waals surface area (Å²) in [5.41, 5.74) is 3.11. The first kappa shape index (κ1) is 11.7. The SMILES string of the molecule is O=C1C=C(c2ccccc2)C=CC1c1ccccc1. The van der Waals surface area contributed by atoms with Crippen LogP contribution in [0.5, 0.6) is 0 Å². The van der Waals surface area contributed by atoms with Crippen molar-refractivity contribution in [2.45, 2.75) is 5.92 Å². The number of hydrogen-bond donors (Lipinski definition) is 0. The van der Waals surface area contributed by atoms with Gasteiger partial charge in [0.15, 0.2) is 5.78 Å². The van der Waals surface area contributed by atoms with Crippen LogP contribution >= 0.6 is 0 Å². The number of ketones is 1. The Bertz CT molecular complexity index is 636. The lowest BCUT2D eigenvalue weighted by Crippen LogP contribution is -2.11. The van der Waals surface area contributed by atoms with Gasteiger partial charge in [0, 0.05) is 0 Å². The molecule has 1 nitrogen and oxygen atoms in total. The maximum atomic E-state index is 12.3. The molecule has 1 unspecified atom stereocenters. The van der Waals surface area contributed by atoms with Crippen molar-refractivity contribution in [3.63, 3.8) is 0 Å². The van der Waals surface area contributed by atoms with Gasteiger partial charge in [0.25, 0.3) is 0 Å². The van der Waals surface area contributed by atoms with Gasteiger partial charge in [0.1, 0.15) is 0 Å². The maximum Gasteiger partial charge on any atom is 0.167 e. The fraction of sp³-hybridized carbons (Fsp3) is 0.0556. The van der Waals surface area contributed by atoms with Crippen molar-refractivity contribution in [1.82, 2.24) is 0 Å². The molecule has 0 heterocycles. The lowest BCUT2D eigenvalue weighted by Gasteiger charge is -2.15. The van der Waals surface area contributed by atoms with Gasteiger partial charge in [-0.1, -0.05) is 72.8 Å². The molecule has 3 rings (SSSR count). The number of hydrogen-bond acceptors (Lipinski definition) is 1. The summed E-state index contributed by atoms with van der Waals surface area (Å²) in [6, 6.07) is 19.9. The Morgan fingerprint density at radius 1 is 0.789 bits per heavy atom. The van der Waals surface area contributed by atoms with Crippen molar-refractivity contribution in [3.05, 3.63) is 90.0 Å². The molecule has 92 valence electrons. The van der Waals surface area contributed by atoms with Crippen LogP contribution in [0.25, 0.3) is 5.57 Å². The zero-order valence-electron chi connectivity index (χ0n) is 10.5. The smallest absolute Gasteiger partial charge is 0.167 e. The molecule has 19 heavy (non-hydrogen) atoms. The molecule has 0 N–H and O–H groups in total. The molecule has 0 aliphatic heterocycles. The summed E-state index contributed by atoms with van der Waals surface area (Å²) in [6.45, 7) is 0. The molecule has 0 spiro atoms. The van der Waals surface area contributed by atoms with E-state index in [2.05, 4.69) is 0 Å². The highest BCUT2D eigenvalue weighted by Crippen LogP contribution is 2.27. The number of benzene rings is 2. The Labute approximate surface area is 112 Å². The average Bonchev–Trinajstić information content (AvgIpc) is 2.49. The van der Waals surface area contributed by atoms with Gasteiger partial charge in [-0.2, -0.15) is 0 Å². The van der Waals surface area contributed by atoms with E-state index in [1.165, 1.54) is 0 Å². The summed E-state index contributed by atoms with van der Waals surface area (Å²) >= 11 is 0. The van der Waals surface area contributed by atoms with Gasteiger partial charge in [-0.25, -0.2) is 0 Å². The zero-order valence-corrected chi connectivity index (χ0v) is 10.5. The van der Waals surface area contributed by atoms with Crippen molar-refractivity contribution < 1.29 is 4.79 Å². The quantitative estimate of drug-likeness (QED) is 0.783. The van der Waals surface area contributed by atoms with E-state index in [0.29, 0.717) is 0 Å². The predicted octanol–water partition coefficient (Wildman–Crippen LogP) is 3.99. The molecule has 0 aromatic heterocycles. The van der Waals surface area contributed by atoms with Crippen LogP contribution in [-0.4, -0.2) is 5.78 Å². The monoisotopic (exact) mass is 246 g/mol. The highest BCUT2D eigenvalue weighted by molar-refractivity contribution is 6.06. The second-order valence-corrected chi connectivity index (χ2v) is 4.62. The van der Waals surface area contributed by atoms with Crippen LogP contribution in [0, 0.1) is 0 Å². The van der Waals surface area contributed by atoms with Crippen LogP contribution < -0.4 is 0 Å². The zero-order chi connectivity index (χ0) is 13.1. The van der Waals surface area contributed by atoms with E-state index in [9.17, 15) is 4.79 Å². The Morgan fingerprint density at radius 2 is 1.42 bits per heavy atom. The summed E-state index contributed by atoms with van der Waals surface area (Å²) in [5, 5.41) is 0. The van der Waals surface area contributed by atoms with Crippen molar-refractivity contribution >= 4 is 11.4 Å². The first-order chi connectivity index (χ1) is 9.34. The fourth-order valence-corrected chi connectivity index (χ4v) is 2.33. The summed E-state index contributed by atoms with van der Waals surface area (Å²) in [5.74, 6) is 0.00113. The predicted molar refractivity (Wildman–Crippen MR) is 77.7 cm³/mol. The fourth-order valence-electron chi connectivity index (χ4n) is 2.33. The van der Waals surface area contributed by atoms with Crippen LogP contribution in [0.15, 0.2) is 78.9 Å². The summed E-state index contributed by atoms with van der Waals surface area (Å²) in [4.78, 5) is 12.3. The molecule has 0 radical (unpaired) electrons. The molecule has 2 aromatic rings. The Kier molecular flexibility index (Phi) is 3.11. The lowest BCUT2D eigenvalue weighted by molar-refractivity contribution is -0.115. The molecule has 0 bridgehead atoms. The highest BCUT2D eigenvalue weighted by atomic mass is 16.1. The minimum atomic E-state index is -0.145. The van der Waals surface area contributed by atoms with Gasteiger partial charge in [-0.3, -0.25) is 4.79 Å². The third-order valence-corrected chi connectivity index (χ3v) is 3.34. The third kappa shape index (κ3) is 2.41. The van der Waals surface area contributed by atoms with Crippen molar-refractivity contribution in [2.24, 2.45) is 0 Å². The molecule has 0 saturated carbocycles. The normalized spacial score (nSPS) is 18.2. The number of carbonyl (C=O) groups excluding carboxylic acids is 1. The molecule has 1 heteroatoms. The van der Waals surface area contributed by atoms with Crippen LogP contribution in [-0.2, 0) is 4.79 Å². The standard InChI is InChI=1S/C18H14O/c19-18-13-16(14-7-3-1-4-8-14)11-12-17(18)15-9-5-2-6-10-15/h1-13,17H. The van der Waals surface area contributed by atoms with Crippen LogP contribution in [0.4, 0.5) is 0 Å². The first-order valence-corrected chi connectivity index (χ1v) is 6.39. The van der Waals surface area contributed by atoms with Gasteiger partial charge >= 0.3 is 0 Å². The van der Waals surface area contributed by atoms with E-state index < -0.39 is 0 Å². The molecule has 0 amide bonds. The van der Waals surface area contributed by atoms with E-state index >= 15 is 0 Å². The van der Waals surface area contributed by atoms with Crippen molar-refractivity contribution in [1.29, 1.82) is 0 Å². The number of carbonyl (C=O) groups is 1. The Morgan fingerprint density at radius 3 is 2.05 bits per heavy atom. The molecule has 2 aromatic carbocycles. The van der Waals surface area contributed by atoms with Crippen molar-refractivity contribution in [3.8, 4) is 0 Å². The van der Waals surface area contributed by atoms with Crippen molar-refractivity contribution in [2.75, 3.05) is 0 Å². The van der Waals surface area contributed by atoms with Crippen LogP contribution in [0.2, 0.25) is 0 Å². The minimum absolute atomic E-state index is 0.145. The van der Waals surface area contributed by atoms with E-state index in [1.54, 1.807) is 6.08 Å². The molecule has 1 atom stereocenters. The van der Waals surface area contributed by atoms with E-state index in [0.717, 1.165) is 16.7 Å². The molecular weight excluding hydrogens is 232 g/mol. The molecule has 1 aliphatic carbocycles. The summed E-state index contributed by atoms with van der Waals surface area (Å²) in [6.07, 6.45) is 5.77. The first-order valence-electron chi connectivity index (χ1n) is 6.39. The van der Waals surface area contributed by atoms with Gasteiger partial charge in [0.05, 0.1) is 5.92 Å². The molecule has 0 fully saturated rings. The average molecular weight is 246 g/mol. The topological polar surface area (TPSA) is 17.1 Å². The minimum Gasteiger partial charge on any atom is -0.294 e. The number of rotatable bonds is 2. The summed E-state index contributed by atoms with van der Waals surface area (Å²) < 4.78 is 0. The molecule has 0 saturated heterocycles. The van der Waals surface area contributed by atoms with Gasteiger partial charge in [-0.05, 0) is 22.8 Å². The third-order valence-electron chi connectivity index (χ3n) is 3.34.